The summed E-state index contributed by atoms with van der Waals surface area (Å²) in [6.45, 7) is 6.09. The van der Waals surface area contributed by atoms with Gasteiger partial charge in [-0.15, -0.1) is 0 Å². The molecule has 72 valence electrons. The number of halogens is 1. The minimum atomic E-state index is -0.329. The first-order chi connectivity index (χ1) is 5.91. The molecule has 3 heteroatoms. The zero-order valence-corrected chi connectivity index (χ0v) is 8.21. The summed E-state index contributed by atoms with van der Waals surface area (Å²) >= 11 is 0. The van der Waals surface area contributed by atoms with Gasteiger partial charge in [-0.1, -0.05) is 20.8 Å². The Kier molecular flexibility index (Phi) is 2.66. The topological polar surface area (TPSA) is 38.9 Å². The van der Waals surface area contributed by atoms with Crippen molar-refractivity contribution in [3.8, 4) is 0 Å². The van der Waals surface area contributed by atoms with Gasteiger partial charge in [-0.25, -0.2) is 4.39 Å². The first kappa shape index (κ1) is 10.1. The van der Waals surface area contributed by atoms with Crippen LogP contribution < -0.4 is 5.73 Å². The van der Waals surface area contributed by atoms with Crippen molar-refractivity contribution in [2.45, 2.75) is 26.8 Å². The van der Waals surface area contributed by atoms with Gasteiger partial charge in [-0.2, -0.15) is 0 Å². The second-order valence-corrected chi connectivity index (χ2v) is 4.24. The minimum Gasteiger partial charge on any atom is -0.322 e. The van der Waals surface area contributed by atoms with Gasteiger partial charge in [0, 0.05) is 0 Å². The van der Waals surface area contributed by atoms with E-state index in [1.807, 2.05) is 20.8 Å². The average molecular weight is 182 g/mol. The highest BCUT2D eigenvalue weighted by molar-refractivity contribution is 5.11. The van der Waals surface area contributed by atoms with Crippen LogP contribution in [-0.2, 0) is 0 Å². The van der Waals surface area contributed by atoms with Crippen molar-refractivity contribution in [1.82, 2.24) is 4.98 Å². The molecule has 13 heavy (non-hydrogen) atoms. The van der Waals surface area contributed by atoms with E-state index < -0.39 is 0 Å². The third-order valence-electron chi connectivity index (χ3n) is 2.00. The van der Waals surface area contributed by atoms with Crippen LogP contribution in [0.5, 0.6) is 0 Å². The van der Waals surface area contributed by atoms with E-state index in [4.69, 9.17) is 5.73 Å². The lowest BCUT2D eigenvalue weighted by atomic mass is 9.85. The molecule has 0 aliphatic rings. The second-order valence-electron chi connectivity index (χ2n) is 4.24. The maximum atomic E-state index is 12.5. The molecule has 1 rings (SSSR count). The van der Waals surface area contributed by atoms with Gasteiger partial charge in [0.1, 0.15) is 5.82 Å². The summed E-state index contributed by atoms with van der Waals surface area (Å²) in [6, 6.07) is 2.85. The van der Waals surface area contributed by atoms with Gasteiger partial charge in [0.25, 0.3) is 0 Å². The molecule has 0 radical (unpaired) electrons. The first-order valence-corrected chi connectivity index (χ1v) is 4.28. The predicted octanol–water partition coefficient (Wildman–Crippen LogP) is 2.27. The Labute approximate surface area is 78.0 Å². The van der Waals surface area contributed by atoms with Crippen LogP contribution in [0.1, 0.15) is 32.5 Å². The lowest BCUT2D eigenvalue weighted by Gasteiger charge is -2.26. The van der Waals surface area contributed by atoms with E-state index in [2.05, 4.69) is 4.98 Å². The van der Waals surface area contributed by atoms with Crippen LogP contribution in [-0.4, -0.2) is 4.98 Å². The smallest absolute Gasteiger partial charge is 0.141 e. The molecule has 1 heterocycles. The van der Waals surface area contributed by atoms with Crippen LogP contribution >= 0.6 is 0 Å². The van der Waals surface area contributed by atoms with Crippen molar-refractivity contribution in [3.63, 3.8) is 0 Å². The fourth-order valence-corrected chi connectivity index (χ4v) is 1.01. The number of nitrogens with two attached hydrogens (primary N) is 1. The van der Waals surface area contributed by atoms with Crippen molar-refractivity contribution in [3.05, 3.63) is 29.8 Å². The van der Waals surface area contributed by atoms with Gasteiger partial charge in [-0.3, -0.25) is 4.98 Å². The Morgan fingerprint density at radius 2 is 2.00 bits per heavy atom. The van der Waals surface area contributed by atoms with Gasteiger partial charge in [0.15, 0.2) is 0 Å². The SMILES string of the molecule is CC(C)(C)[C@H](N)c1ccc(F)cn1. The summed E-state index contributed by atoms with van der Waals surface area (Å²) in [5.74, 6) is -0.329. The highest BCUT2D eigenvalue weighted by atomic mass is 19.1. The monoisotopic (exact) mass is 182 g/mol. The normalized spacial score (nSPS) is 14.2. The first-order valence-electron chi connectivity index (χ1n) is 4.28. The second kappa shape index (κ2) is 3.42. The standard InChI is InChI=1S/C10H15FN2/c1-10(2,3)9(12)8-5-4-7(11)6-13-8/h4-6,9H,12H2,1-3H3/t9-/m1/s1. The van der Waals surface area contributed by atoms with Crippen LogP contribution in [0.25, 0.3) is 0 Å². The van der Waals surface area contributed by atoms with Crippen LogP contribution in [0.3, 0.4) is 0 Å². The molecular weight excluding hydrogens is 167 g/mol. The van der Waals surface area contributed by atoms with E-state index in [0.717, 1.165) is 5.69 Å². The number of aromatic nitrogens is 1. The van der Waals surface area contributed by atoms with Gasteiger partial charge < -0.3 is 5.73 Å². The Hall–Kier alpha value is -0.960. The fourth-order valence-electron chi connectivity index (χ4n) is 1.01. The van der Waals surface area contributed by atoms with E-state index >= 15 is 0 Å². The van der Waals surface area contributed by atoms with E-state index in [1.54, 1.807) is 6.07 Å². The highest BCUT2D eigenvalue weighted by Crippen LogP contribution is 2.28. The zero-order chi connectivity index (χ0) is 10.1. The van der Waals surface area contributed by atoms with Crippen molar-refractivity contribution >= 4 is 0 Å². The van der Waals surface area contributed by atoms with Crippen LogP contribution in [0.2, 0.25) is 0 Å². The molecule has 0 bridgehead atoms. The van der Waals surface area contributed by atoms with Crippen molar-refractivity contribution in [2.75, 3.05) is 0 Å². The van der Waals surface area contributed by atoms with E-state index in [1.165, 1.54) is 12.3 Å². The maximum Gasteiger partial charge on any atom is 0.141 e. The van der Waals surface area contributed by atoms with Crippen molar-refractivity contribution in [2.24, 2.45) is 11.1 Å². The van der Waals surface area contributed by atoms with Gasteiger partial charge in [-0.05, 0) is 17.5 Å². The molecule has 1 aromatic rings. The Bertz CT molecular complexity index is 274. The average Bonchev–Trinajstić information content (AvgIpc) is 2.03. The molecule has 0 spiro atoms. The minimum absolute atomic E-state index is 0.0508. The molecule has 0 saturated heterocycles. The Balaban J connectivity index is 2.90. The highest BCUT2D eigenvalue weighted by Gasteiger charge is 2.23. The van der Waals surface area contributed by atoms with Crippen LogP contribution in [0.15, 0.2) is 18.3 Å². The number of rotatable bonds is 1. The summed E-state index contributed by atoms with van der Waals surface area (Å²) in [6.07, 6.45) is 1.20. The molecule has 0 saturated carbocycles. The quantitative estimate of drug-likeness (QED) is 0.723. The molecule has 0 fully saturated rings. The Morgan fingerprint density at radius 3 is 2.38 bits per heavy atom. The predicted molar refractivity (Wildman–Crippen MR) is 50.6 cm³/mol. The summed E-state index contributed by atoms with van der Waals surface area (Å²) in [5, 5.41) is 0. The number of hydrogen-bond acceptors (Lipinski definition) is 2. The molecule has 2 N–H and O–H groups in total. The molecule has 2 nitrogen and oxygen atoms in total. The number of pyridine rings is 1. The largest absolute Gasteiger partial charge is 0.322 e. The number of nitrogens with zero attached hydrogens (tertiary/aromatic N) is 1. The van der Waals surface area contributed by atoms with Gasteiger partial charge in [0.2, 0.25) is 0 Å². The summed E-state index contributed by atoms with van der Waals surface area (Å²) < 4.78 is 12.5. The zero-order valence-electron chi connectivity index (χ0n) is 8.21. The number of hydrogen-bond donors (Lipinski definition) is 1. The third kappa shape index (κ3) is 2.49. The lowest BCUT2D eigenvalue weighted by Crippen LogP contribution is -2.27. The molecule has 0 amide bonds. The van der Waals surface area contributed by atoms with Crippen molar-refractivity contribution < 1.29 is 4.39 Å². The fraction of sp³-hybridized carbons (Fsp3) is 0.500. The summed E-state index contributed by atoms with van der Waals surface area (Å²) in [5.41, 5.74) is 6.62. The van der Waals surface area contributed by atoms with Gasteiger partial charge in [0.05, 0.1) is 17.9 Å². The van der Waals surface area contributed by atoms with E-state index in [9.17, 15) is 4.39 Å². The van der Waals surface area contributed by atoms with E-state index in [-0.39, 0.29) is 17.3 Å². The lowest BCUT2D eigenvalue weighted by molar-refractivity contribution is 0.321. The molecular formula is C10H15FN2. The molecule has 0 aliphatic heterocycles. The Morgan fingerprint density at radius 1 is 1.38 bits per heavy atom. The van der Waals surface area contributed by atoms with Crippen LogP contribution in [0, 0.1) is 11.2 Å². The van der Waals surface area contributed by atoms with Crippen molar-refractivity contribution in [1.29, 1.82) is 0 Å². The molecule has 0 unspecified atom stereocenters. The summed E-state index contributed by atoms with van der Waals surface area (Å²) in [4.78, 5) is 3.94. The molecule has 1 aromatic heterocycles. The summed E-state index contributed by atoms with van der Waals surface area (Å²) in [7, 11) is 0. The maximum absolute atomic E-state index is 12.5. The van der Waals surface area contributed by atoms with E-state index in [0.29, 0.717) is 0 Å². The molecule has 1 atom stereocenters. The molecule has 0 aliphatic carbocycles. The van der Waals surface area contributed by atoms with Crippen LogP contribution in [0.4, 0.5) is 4.39 Å². The third-order valence-corrected chi connectivity index (χ3v) is 2.00. The molecule has 0 aromatic carbocycles. The van der Waals surface area contributed by atoms with Gasteiger partial charge >= 0.3 is 0 Å².